The second-order valence-corrected chi connectivity index (χ2v) is 6.97. The molecule has 2 aliphatic rings. The highest BCUT2D eigenvalue weighted by Gasteiger charge is 2.29. The van der Waals surface area contributed by atoms with Gasteiger partial charge in [0.25, 0.3) is 0 Å². The lowest BCUT2D eigenvalue weighted by Crippen LogP contribution is -2.29. The molecule has 0 aliphatic carbocycles. The van der Waals surface area contributed by atoms with Crippen molar-refractivity contribution >= 4 is 5.84 Å². The molecular weight excluding hydrogens is 310 g/mol. The molecule has 0 aromatic heterocycles. The number of nitrogens with zero attached hydrogens (tertiary/aromatic N) is 1. The first-order valence-corrected chi connectivity index (χ1v) is 9.13. The quantitative estimate of drug-likeness (QED) is 0.889. The van der Waals surface area contributed by atoms with Crippen LogP contribution in [0.1, 0.15) is 48.9 Å². The average molecular weight is 335 g/mol. The Morgan fingerprint density at radius 3 is 2.76 bits per heavy atom. The Kier molecular flexibility index (Phi) is 4.22. The fraction of sp³-hybridized carbons (Fsp3) is 0.381. The maximum absolute atomic E-state index is 6.48. The molecule has 4 rings (SSSR count). The molecule has 0 saturated carbocycles. The lowest BCUT2D eigenvalue weighted by atomic mass is 9.83. The van der Waals surface area contributed by atoms with Gasteiger partial charge in [0.1, 0.15) is 17.3 Å². The minimum atomic E-state index is -0.141. The monoisotopic (exact) mass is 335 g/mol. The first-order valence-electron chi connectivity index (χ1n) is 9.13. The van der Waals surface area contributed by atoms with Gasteiger partial charge in [-0.05, 0) is 23.6 Å². The summed E-state index contributed by atoms with van der Waals surface area (Å²) in [6.07, 6.45) is 1.10. The predicted molar refractivity (Wildman–Crippen MR) is 101 cm³/mol. The van der Waals surface area contributed by atoms with Gasteiger partial charge in [0, 0.05) is 23.6 Å². The maximum Gasteiger partial charge on any atom is 0.132 e. The number of hydrogen-bond acceptors (Lipinski definition) is 4. The average Bonchev–Trinajstić information content (AvgIpc) is 3.16. The molecule has 0 amide bonds. The Bertz CT molecular complexity index is 815. The molecule has 4 heteroatoms. The largest absolute Gasteiger partial charge is 0.457 e. The molecule has 2 heterocycles. The number of amidine groups is 1. The first kappa shape index (κ1) is 16.2. The molecule has 0 fully saturated rings. The zero-order valence-electron chi connectivity index (χ0n) is 14.8. The van der Waals surface area contributed by atoms with Crippen molar-refractivity contribution in [3.8, 4) is 11.5 Å². The summed E-state index contributed by atoms with van der Waals surface area (Å²) in [6.45, 7) is 6.31. The number of aliphatic imine (C=N–C) groups is 1. The van der Waals surface area contributed by atoms with Crippen LogP contribution >= 0.6 is 0 Å². The topological polar surface area (TPSA) is 59.6 Å². The van der Waals surface area contributed by atoms with Gasteiger partial charge in [-0.15, -0.1) is 0 Å². The van der Waals surface area contributed by atoms with Crippen LogP contribution in [0.3, 0.4) is 0 Å². The molecule has 25 heavy (non-hydrogen) atoms. The van der Waals surface area contributed by atoms with Gasteiger partial charge in [0.05, 0.1) is 12.6 Å². The van der Waals surface area contributed by atoms with Crippen LogP contribution in [0.2, 0.25) is 0 Å². The Hall–Kier alpha value is -2.33. The van der Waals surface area contributed by atoms with Gasteiger partial charge >= 0.3 is 0 Å². The van der Waals surface area contributed by atoms with Gasteiger partial charge in [0.2, 0.25) is 0 Å². The van der Waals surface area contributed by atoms with E-state index in [4.69, 9.17) is 10.5 Å². The fourth-order valence-corrected chi connectivity index (χ4v) is 3.82. The molecule has 3 atom stereocenters. The van der Waals surface area contributed by atoms with Crippen molar-refractivity contribution in [3.63, 3.8) is 0 Å². The third kappa shape index (κ3) is 2.81. The molecule has 3 unspecified atom stereocenters. The number of fused-ring (bicyclic) bond motifs is 2. The summed E-state index contributed by atoms with van der Waals surface area (Å²) in [7, 11) is 0. The minimum absolute atomic E-state index is 0.141. The van der Waals surface area contributed by atoms with E-state index in [2.05, 4.69) is 42.4 Å². The van der Waals surface area contributed by atoms with Crippen LogP contribution < -0.4 is 15.8 Å². The van der Waals surface area contributed by atoms with Crippen molar-refractivity contribution in [2.75, 3.05) is 13.1 Å². The molecule has 3 N–H and O–H groups in total. The van der Waals surface area contributed by atoms with E-state index in [0.717, 1.165) is 48.0 Å². The van der Waals surface area contributed by atoms with Crippen LogP contribution in [0, 0.1) is 5.92 Å². The van der Waals surface area contributed by atoms with E-state index in [-0.39, 0.29) is 12.0 Å². The molecule has 130 valence electrons. The third-order valence-corrected chi connectivity index (χ3v) is 5.41. The highest BCUT2D eigenvalue weighted by Crippen LogP contribution is 2.43. The van der Waals surface area contributed by atoms with Gasteiger partial charge in [-0.25, -0.2) is 0 Å². The van der Waals surface area contributed by atoms with Gasteiger partial charge < -0.3 is 15.8 Å². The van der Waals surface area contributed by atoms with Gasteiger partial charge in [-0.2, -0.15) is 0 Å². The summed E-state index contributed by atoms with van der Waals surface area (Å²) in [5.74, 6) is 3.61. The van der Waals surface area contributed by atoms with Gasteiger partial charge in [-0.3, -0.25) is 4.99 Å². The van der Waals surface area contributed by atoms with E-state index < -0.39 is 0 Å². The summed E-state index contributed by atoms with van der Waals surface area (Å²) in [6, 6.07) is 14.3. The van der Waals surface area contributed by atoms with Crippen molar-refractivity contribution < 1.29 is 4.74 Å². The lowest BCUT2D eigenvalue weighted by Gasteiger charge is -2.29. The highest BCUT2D eigenvalue weighted by atomic mass is 16.5. The zero-order chi connectivity index (χ0) is 17.4. The van der Waals surface area contributed by atoms with E-state index in [1.807, 2.05) is 24.3 Å². The van der Waals surface area contributed by atoms with Crippen LogP contribution in [0.4, 0.5) is 0 Å². The molecule has 0 bridgehead atoms. The third-order valence-electron chi connectivity index (χ3n) is 5.41. The standard InChI is InChI=1S/C21H25N3O/c1-3-13(2)19(21-23-10-11-24-21)14-8-9-16-18(12-14)25-17-7-5-4-6-15(17)20(16)22/h4-9,12-13,19-20H,3,10-11,22H2,1-2H3,(H,23,24). The maximum atomic E-state index is 6.48. The SMILES string of the molecule is CCC(C)C(C1=NCCN1)c1ccc2c(c1)Oc1ccccc1C2N. The van der Waals surface area contributed by atoms with Crippen molar-refractivity contribution in [1.29, 1.82) is 0 Å². The number of benzene rings is 2. The van der Waals surface area contributed by atoms with Gasteiger partial charge in [-0.1, -0.05) is 50.6 Å². The number of rotatable bonds is 4. The fourth-order valence-electron chi connectivity index (χ4n) is 3.82. The number of nitrogens with one attached hydrogen (secondary N) is 1. The molecule has 0 saturated heterocycles. The van der Waals surface area contributed by atoms with Crippen molar-refractivity contribution in [1.82, 2.24) is 5.32 Å². The summed E-state index contributed by atoms with van der Waals surface area (Å²) in [4.78, 5) is 4.68. The molecule has 2 aromatic rings. The van der Waals surface area contributed by atoms with E-state index in [1.54, 1.807) is 0 Å². The first-order chi connectivity index (χ1) is 12.2. The minimum Gasteiger partial charge on any atom is -0.457 e. The number of ether oxygens (including phenoxy) is 1. The highest BCUT2D eigenvalue weighted by molar-refractivity contribution is 5.90. The van der Waals surface area contributed by atoms with Crippen molar-refractivity contribution in [3.05, 3.63) is 59.2 Å². The van der Waals surface area contributed by atoms with Crippen LogP contribution in [-0.4, -0.2) is 18.9 Å². The summed E-state index contributed by atoms with van der Waals surface area (Å²) >= 11 is 0. The molecule has 4 nitrogen and oxygen atoms in total. The van der Waals surface area contributed by atoms with Crippen LogP contribution in [0.5, 0.6) is 11.5 Å². The second kappa shape index (κ2) is 6.52. The zero-order valence-corrected chi connectivity index (χ0v) is 14.8. The summed E-state index contributed by atoms with van der Waals surface area (Å²) in [5.41, 5.74) is 9.81. The molecule has 0 radical (unpaired) electrons. The molecule has 2 aromatic carbocycles. The van der Waals surface area contributed by atoms with E-state index in [1.165, 1.54) is 5.56 Å². The van der Waals surface area contributed by atoms with Crippen LogP contribution in [-0.2, 0) is 0 Å². The molecular formula is C21H25N3O. The number of nitrogens with two attached hydrogens (primary N) is 1. The van der Waals surface area contributed by atoms with Crippen molar-refractivity contribution in [2.45, 2.75) is 32.2 Å². The normalized spacial score (nSPS) is 20.6. The molecule has 0 spiro atoms. The summed E-state index contributed by atoms with van der Waals surface area (Å²) in [5, 5.41) is 3.46. The number of hydrogen-bond donors (Lipinski definition) is 2. The van der Waals surface area contributed by atoms with E-state index in [9.17, 15) is 0 Å². The molecule has 2 aliphatic heterocycles. The summed E-state index contributed by atoms with van der Waals surface area (Å²) < 4.78 is 6.17. The Labute approximate surface area is 149 Å². The van der Waals surface area contributed by atoms with Gasteiger partial charge in [0.15, 0.2) is 0 Å². The Morgan fingerprint density at radius 2 is 2.00 bits per heavy atom. The van der Waals surface area contributed by atoms with E-state index in [0.29, 0.717) is 5.92 Å². The van der Waals surface area contributed by atoms with E-state index >= 15 is 0 Å². The van der Waals surface area contributed by atoms with Crippen molar-refractivity contribution in [2.24, 2.45) is 16.6 Å². The predicted octanol–water partition coefficient (Wildman–Crippen LogP) is 3.97. The van der Waals surface area contributed by atoms with Crippen LogP contribution in [0.15, 0.2) is 47.5 Å². The second-order valence-electron chi connectivity index (χ2n) is 6.97. The number of para-hydroxylation sites is 1. The smallest absolute Gasteiger partial charge is 0.132 e. The van der Waals surface area contributed by atoms with Crippen LogP contribution in [0.25, 0.3) is 0 Å². The Morgan fingerprint density at radius 1 is 1.20 bits per heavy atom. The Balaban J connectivity index is 1.74. The lowest BCUT2D eigenvalue weighted by molar-refractivity contribution is 0.444.